The molecule has 1 N–H and O–H groups in total. The molecule has 1 aliphatic rings. The summed E-state index contributed by atoms with van der Waals surface area (Å²) in [6.07, 6.45) is 1.76. The molecular formula is C19H30N2O3. The van der Waals surface area contributed by atoms with Crippen LogP contribution in [0.5, 0.6) is 5.75 Å². The molecule has 0 atom stereocenters. The molecular weight excluding hydrogens is 304 g/mol. The molecule has 0 radical (unpaired) electrons. The first-order valence-electron chi connectivity index (χ1n) is 9.02. The SMILES string of the molecule is CCC(CC)C(=O)NCc1cccc(OCCN2CCOCC2)c1. The van der Waals surface area contributed by atoms with Crippen LogP contribution in [0.4, 0.5) is 0 Å². The lowest BCUT2D eigenvalue weighted by Crippen LogP contribution is -2.38. The van der Waals surface area contributed by atoms with E-state index in [1.807, 2.05) is 24.3 Å². The van der Waals surface area contributed by atoms with E-state index in [9.17, 15) is 4.79 Å². The van der Waals surface area contributed by atoms with E-state index in [1.165, 1.54) is 0 Å². The molecule has 1 heterocycles. The zero-order chi connectivity index (χ0) is 17.2. The van der Waals surface area contributed by atoms with Crippen molar-refractivity contribution < 1.29 is 14.3 Å². The molecule has 24 heavy (non-hydrogen) atoms. The summed E-state index contributed by atoms with van der Waals surface area (Å²) in [6.45, 7) is 9.82. The molecule has 5 heteroatoms. The van der Waals surface area contributed by atoms with E-state index in [0.29, 0.717) is 13.2 Å². The molecule has 0 unspecified atom stereocenters. The average molecular weight is 334 g/mol. The lowest BCUT2D eigenvalue weighted by atomic mass is 10.0. The van der Waals surface area contributed by atoms with Crippen molar-refractivity contribution in [2.75, 3.05) is 39.5 Å². The zero-order valence-electron chi connectivity index (χ0n) is 14.9. The maximum atomic E-state index is 12.1. The molecule has 0 aliphatic carbocycles. The van der Waals surface area contributed by atoms with Crippen LogP contribution in [-0.4, -0.2) is 50.3 Å². The van der Waals surface area contributed by atoms with Gasteiger partial charge in [-0.1, -0.05) is 26.0 Å². The number of hydrogen-bond donors (Lipinski definition) is 1. The maximum Gasteiger partial charge on any atom is 0.223 e. The Bertz CT molecular complexity index is 497. The first-order chi connectivity index (χ1) is 11.7. The van der Waals surface area contributed by atoms with Gasteiger partial charge in [-0.05, 0) is 30.5 Å². The summed E-state index contributed by atoms with van der Waals surface area (Å²) < 4.78 is 11.2. The van der Waals surface area contributed by atoms with Gasteiger partial charge in [0, 0.05) is 32.1 Å². The fourth-order valence-electron chi connectivity index (χ4n) is 2.86. The van der Waals surface area contributed by atoms with Crippen LogP contribution in [0.25, 0.3) is 0 Å². The summed E-state index contributed by atoms with van der Waals surface area (Å²) in [5.74, 6) is 1.11. The van der Waals surface area contributed by atoms with Crippen LogP contribution in [0.1, 0.15) is 32.3 Å². The topological polar surface area (TPSA) is 50.8 Å². The van der Waals surface area contributed by atoms with Crippen molar-refractivity contribution in [2.24, 2.45) is 5.92 Å². The van der Waals surface area contributed by atoms with Crippen molar-refractivity contribution in [3.63, 3.8) is 0 Å². The highest BCUT2D eigenvalue weighted by molar-refractivity contribution is 5.78. The van der Waals surface area contributed by atoms with E-state index in [-0.39, 0.29) is 11.8 Å². The summed E-state index contributed by atoms with van der Waals surface area (Å²) in [4.78, 5) is 14.4. The minimum Gasteiger partial charge on any atom is -0.492 e. The molecule has 0 bridgehead atoms. The second-order valence-corrected chi connectivity index (χ2v) is 6.18. The van der Waals surface area contributed by atoms with Crippen LogP contribution >= 0.6 is 0 Å². The third-order valence-electron chi connectivity index (χ3n) is 4.50. The molecule has 1 aromatic rings. The lowest BCUT2D eigenvalue weighted by molar-refractivity contribution is -0.125. The maximum absolute atomic E-state index is 12.1. The number of carbonyl (C=O) groups excluding carboxylic acids is 1. The number of amides is 1. The highest BCUT2D eigenvalue weighted by atomic mass is 16.5. The lowest BCUT2D eigenvalue weighted by Gasteiger charge is -2.26. The Morgan fingerprint density at radius 2 is 2.04 bits per heavy atom. The molecule has 0 spiro atoms. The molecule has 1 amide bonds. The first-order valence-corrected chi connectivity index (χ1v) is 9.02. The largest absolute Gasteiger partial charge is 0.492 e. The molecule has 0 aromatic heterocycles. The number of nitrogens with one attached hydrogen (secondary N) is 1. The normalized spacial score (nSPS) is 15.5. The van der Waals surface area contributed by atoms with Crippen LogP contribution in [0.2, 0.25) is 0 Å². The number of hydrogen-bond acceptors (Lipinski definition) is 4. The van der Waals surface area contributed by atoms with Gasteiger partial charge in [-0.3, -0.25) is 9.69 Å². The second kappa shape index (κ2) is 10.3. The monoisotopic (exact) mass is 334 g/mol. The molecule has 1 saturated heterocycles. The second-order valence-electron chi connectivity index (χ2n) is 6.18. The number of rotatable bonds is 9. The Labute approximate surface area is 145 Å². The molecule has 1 aromatic carbocycles. The van der Waals surface area contributed by atoms with Gasteiger partial charge in [-0.15, -0.1) is 0 Å². The number of nitrogens with zero attached hydrogens (tertiary/aromatic N) is 1. The van der Waals surface area contributed by atoms with Gasteiger partial charge < -0.3 is 14.8 Å². The van der Waals surface area contributed by atoms with Gasteiger partial charge in [-0.25, -0.2) is 0 Å². The Morgan fingerprint density at radius 3 is 2.75 bits per heavy atom. The Balaban J connectivity index is 1.75. The molecule has 0 saturated carbocycles. The number of morpholine rings is 1. The number of benzene rings is 1. The van der Waals surface area contributed by atoms with Crippen molar-refractivity contribution >= 4 is 5.91 Å². The van der Waals surface area contributed by atoms with Gasteiger partial charge in [0.2, 0.25) is 5.91 Å². The minimum atomic E-state index is 0.109. The third-order valence-corrected chi connectivity index (χ3v) is 4.50. The van der Waals surface area contributed by atoms with Gasteiger partial charge in [0.05, 0.1) is 13.2 Å². The quantitative estimate of drug-likeness (QED) is 0.754. The van der Waals surface area contributed by atoms with E-state index < -0.39 is 0 Å². The van der Waals surface area contributed by atoms with Crippen molar-refractivity contribution in [2.45, 2.75) is 33.2 Å². The Hall–Kier alpha value is -1.59. The van der Waals surface area contributed by atoms with Crippen molar-refractivity contribution in [1.29, 1.82) is 0 Å². The van der Waals surface area contributed by atoms with Gasteiger partial charge in [0.1, 0.15) is 12.4 Å². The van der Waals surface area contributed by atoms with E-state index in [4.69, 9.17) is 9.47 Å². The van der Waals surface area contributed by atoms with E-state index >= 15 is 0 Å². The van der Waals surface area contributed by atoms with E-state index in [2.05, 4.69) is 24.1 Å². The van der Waals surface area contributed by atoms with Crippen LogP contribution < -0.4 is 10.1 Å². The summed E-state index contributed by atoms with van der Waals surface area (Å²) in [6, 6.07) is 7.96. The van der Waals surface area contributed by atoms with Crippen LogP contribution in [0, 0.1) is 5.92 Å². The molecule has 1 fully saturated rings. The highest BCUT2D eigenvalue weighted by Crippen LogP contribution is 2.14. The van der Waals surface area contributed by atoms with Crippen molar-refractivity contribution in [1.82, 2.24) is 10.2 Å². The summed E-state index contributed by atoms with van der Waals surface area (Å²) >= 11 is 0. The molecule has 134 valence electrons. The molecule has 5 nitrogen and oxygen atoms in total. The predicted octanol–water partition coefficient (Wildman–Crippen LogP) is 2.45. The molecule has 1 aliphatic heterocycles. The Kier molecular flexibility index (Phi) is 8.05. The smallest absolute Gasteiger partial charge is 0.223 e. The highest BCUT2D eigenvalue weighted by Gasteiger charge is 2.13. The standard InChI is InChI=1S/C19H30N2O3/c1-3-17(4-2)19(22)20-15-16-6-5-7-18(14-16)24-13-10-21-8-11-23-12-9-21/h5-7,14,17H,3-4,8-13,15H2,1-2H3,(H,20,22). The van der Waals surface area contributed by atoms with Crippen LogP contribution in [-0.2, 0) is 16.1 Å². The average Bonchev–Trinajstić information content (AvgIpc) is 2.62. The number of carbonyl (C=O) groups is 1. The molecule has 2 rings (SSSR count). The summed E-state index contributed by atoms with van der Waals surface area (Å²) in [7, 11) is 0. The fraction of sp³-hybridized carbons (Fsp3) is 0.632. The summed E-state index contributed by atoms with van der Waals surface area (Å²) in [5, 5.41) is 3.02. The summed E-state index contributed by atoms with van der Waals surface area (Å²) in [5.41, 5.74) is 1.07. The zero-order valence-corrected chi connectivity index (χ0v) is 14.9. The third kappa shape index (κ3) is 6.13. The Morgan fingerprint density at radius 1 is 1.29 bits per heavy atom. The van der Waals surface area contributed by atoms with Crippen molar-refractivity contribution in [3.05, 3.63) is 29.8 Å². The fourth-order valence-corrected chi connectivity index (χ4v) is 2.86. The first kappa shape index (κ1) is 18.7. The van der Waals surface area contributed by atoms with Gasteiger partial charge in [0.15, 0.2) is 0 Å². The minimum absolute atomic E-state index is 0.109. The van der Waals surface area contributed by atoms with E-state index in [1.54, 1.807) is 0 Å². The van der Waals surface area contributed by atoms with Gasteiger partial charge >= 0.3 is 0 Å². The van der Waals surface area contributed by atoms with Crippen molar-refractivity contribution in [3.8, 4) is 5.75 Å². The van der Waals surface area contributed by atoms with E-state index in [0.717, 1.165) is 57.0 Å². The number of ether oxygens (including phenoxy) is 2. The predicted molar refractivity (Wildman–Crippen MR) is 95.1 cm³/mol. The van der Waals surface area contributed by atoms with Crippen LogP contribution in [0.15, 0.2) is 24.3 Å². The van der Waals surface area contributed by atoms with Gasteiger partial charge in [0.25, 0.3) is 0 Å². The van der Waals surface area contributed by atoms with Crippen LogP contribution in [0.3, 0.4) is 0 Å². The van der Waals surface area contributed by atoms with Gasteiger partial charge in [-0.2, -0.15) is 0 Å².